The fourth-order valence-electron chi connectivity index (χ4n) is 2.59. The van der Waals surface area contributed by atoms with Crippen molar-refractivity contribution in [2.45, 2.75) is 19.8 Å². The molecule has 0 aliphatic carbocycles. The van der Waals surface area contributed by atoms with Gasteiger partial charge in [-0.05, 0) is 50.0 Å². The van der Waals surface area contributed by atoms with Crippen LogP contribution in [0.2, 0.25) is 5.02 Å². The van der Waals surface area contributed by atoms with Gasteiger partial charge in [-0.25, -0.2) is 0 Å². The molecule has 0 saturated carbocycles. The molecule has 1 aliphatic rings. The summed E-state index contributed by atoms with van der Waals surface area (Å²) in [6, 6.07) is 7.75. The second kappa shape index (κ2) is 6.79. The zero-order valence-electron chi connectivity index (χ0n) is 11.3. The summed E-state index contributed by atoms with van der Waals surface area (Å²) in [4.78, 5) is 2.28. The van der Waals surface area contributed by atoms with Crippen LogP contribution < -0.4 is 10.2 Å². The maximum absolute atomic E-state index is 9.18. The Balaban J connectivity index is 2.01. The predicted octanol–water partition coefficient (Wildman–Crippen LogP) is 3.04. The van der Waals surface area contributed by atoms with Gasteiger partial charge in [-0.1, -0.05) is 18.5 Å². The third-order valence-electron chi connectivity index (χ3n) is 3.72. The van der Waals surface area contributed by atoms with Crippen molar-refractivity contribution >= 4 is 17.3 Å². The highest BCUT2D eigenvalue weighted by Gasteiger charge is 2.20. The Labute approximate surface area is 120 Å². The first-order chi connectivity index (χ1) is 9.24. The van der Waals surface area contributed by atoms with Gasteiger partial charge in [-0.15, -0.1) is 0 Å². The van der Waals surface area contributed by atoms with E-state index < -0.39 is 0 Å². The minimum atomic E-state index is 0.698. The quantitative estimate of drug-likeness (QED) is 0.919. The molecular weight excluding hydrogens is 258 g/mol. The molecule has 4 heteroatoms. The van der Waals surface area contributed by atoms with Gasteiger partial charge in [0.1, 0.15) is 6.07 Å². The molecule has 1 heterocycles. The van der Waals surface area contributed by atoms with E-state index in [4.69, 9.17) is 11.6 Å². The van der Waals surface area contributed by atoms with E-state index in [2.05, 4.69) is 23.2 Å². The van der Waals surface area contributed by atoms with E-state index in [0.29, 0.717) is 5.02 Å². The summed E-state index contributed by atoms with van der Waals surface area (Å²) in [6.07, 6.45) is 2.34. The molecule has 102 valence electrons. The number of hydrogen-bond donors (Lipinski definition) is 1. The Morgan fingerprint density at radius 2 is 2.16 bits per heavy atom. The highest BCUT2D eigenvalue weighted by Crippen LogP contribution is 2.28. The van der Waals surface area contributed by atoms with Crippen LogP contribution in [0.5, 0.6) is 0 Å². The van der Waals surface area contributed by atoms with Crippen LogP contribution in [0.4, 0.5) is 5.69 Å². The fourth-order valence-corrected chi connectivity index (χ4v) is 2.75. The lowest BCUT2D eigenvalue weighted by atomic mass is 9.96. The van der Waals surface area contributed by atoms with E-state index in [1.807, 2.05) is 12.1 Å². The number of anilines is 1. The minimum Gasteiger partial charge on any atom is -0.370 e. The Morgan fingerprint density at radius 1 is 1.42 bits per heavy atom. The monoisotopic (exact) mass is 277 g/mol. The van der Waals surface area contributed by atoms with Gasteiger partial charge < -0.3 is 10.2 Å². The molecule has 1 aromatic rings. The number of nitriles is 1. The molecule has 0 atom stereocenters. The van der Waals surface area contributed by atoms with Crippen molar-refractivity contribution < 1.29 is 0 Å². The molecule has 0 aromatic heterocycles. The highest BCUT2D eigenvalue weighted by molar-refractivity contribution is 6.30. The van der Waals surface area contributed by atoms with Gasteiger partial charge in [-0.3, -0.25) is 0 Å². The molecule has 19 heavy (non-hydrogen) atoms. The largest absolute Gasteiger partial charge is 0.370 e. The number of nitrogens with zero attached hydrogens (tertiary/aromatic N) is 2. The van der Waals surface area contributed by atoms with Crippen molar-refractivity contribution in [3.63, 3.8) is 0 Å². The van der Waals surface area contributed by atoms with E-state index >= 15 is 0 Å². The average Bonchev–Trinajstić information content (AvgIpc) is 2.45. The van der Waals surface area contributed by atoms with Crippen LogP contribution in [0.15, 0.2) is 18.2 Å². The van der Waals surface area contributed by atoms with Crippen molar-refractivity contribution in [3.8, 4) is 6.07 Å². The highest BCUT2D eigenvalue weighted by atomic mass is 35.5. The second-order valence-electron chi connectivity index (χ2n) is 5.01. The van der Waals surface area contributed by atoms with Gasteiger partial charge in [0.15, 0.2) is 0 Å². The van der Waals surface area contributed by atoms with Gasteiger partial charge in [0.05, 0.1) is 11.3 Å². The van der Waals surface area contributed by atoms with Gasteiger partial charge >= 0.3 is 0 Å². The standard InChI is InChI=1S/C15H20ClN3/c1-2-18-11-12-5-7-19(8-6-12)15-9-14(16)4-3-13(15)10-17/h3-4,9,12,18H,2,5-8,11H2,1H3. The van der Waals surface area contributed by atoms with E-state index in [9.17, 15) is 5.26 Å². The van der Waals surface area contributed by atoms with Crippen LogP contribution in [-0.2, 0) is 0 Å². The summed E-state index contributed by atoms with van der Waals surface area (Å²) in [5.74, 6) is 0.751. The van der Waals surface area contributed by atoms with Crippen LogP contribution in [0.1, 0.15) is 25.3 Å². The first-order valence-corrected chi connectivity index (χ1v) is 7.27. The number of benzene rings is 1. The minimum absolute atomic E-state index is 0.698. The SMILES string of the molecule is CCNCC1CCN(c2cc(Cl)ccc2C#N)CC1. The lowest BCUT2D eigenvalue weighted by Gasteiger charge is -2.34. The lowest BCUT2D eigenvalue weighted by Crippen LogP contribution is -2.37. The third-order valence-corrected chi connectivity index (χ3v) is 3.95. The average molecular weight is 278 g/mol. The Hall–Kier alpha value is -1.24. The first kappa shape index (κ1) is 14.2. The van der Waals surface area contributed by atoms with Crippen LogP contribution in [0.25, 0.3) is 0 Å². The topological polar surface area (TPSA) is 39.1 Å². The second-order valence-corrected chi connectivity index (χ2v) is 5.45. The Kier molecular flexibility index (Phi) is 5.07. The predicted molar refractivity (Wildman–Crippen MR) is 79.6 cm³/mol. The summed E-state index contributed by atoms with van der Waals surface area (Å²) in [5.41, 5.74) is 1.70. The van der Waals surface area contributed by atoms with Crippen molar-refractivity contribution in [3.05, 3.63) is 28.8 Å². The van der Waals surface area contributed by atoms with Crippen LogP contribution in [0, 0.1) is 17.2 Å². The normalized spacial score (nSPS) is 16.4. The third kappa shape index (κ3) is 3.62. The summed E-state index contributed by atoms with van der Waals surface area (Å²) >= 11 is 6.04. The zero-order valence-corrected chi connectivity index (χ0v) is 12.1. The summed E-state index contributed by atoms with van der Waals surface area (Å²) in [6.45, 7) is 6.29. The fraction of sp³-hybridized carbons (Fsp3) is 0.533. The summed E-state index contributed by atoms with van der Waals surface area (Å²) in [5, 5.41) is 13.3. The molecule has 0 amide bonds. The number of nitrogens with one attached hydrogen (secondary N) is 1. The van der Waals surface area contributed by atoms with E-state index in [1.165, 1.54) is 12.8 Å². The smallest absolute Gasteiger partial charge is 0.101 e. The molecule has 1 fully saturated rings. The van der Waals surface area contributed by atoms with Crippen molar-refractivity contribution in [2.75, 3.05) is 31.1 Å². The van der Waals surface area contributed by atoms with Crippen LogP contribution in [-0.4, -0.2) is 26.2 Å². The Morgan fingerprint density at radius 3 is 2.79 bits per heavy atom. The molecule has 1 N–H and O–H groups in total. The summed E-state index contributed by atoms with van der Waals surface area (Å²) < 4.78 is 0. The van der Waals surface area contributed by atoms with Crippen molar-refractivity contribution in [1.82, 2.24) is 5.32 Å². The molecule has 1 saturated heterocycles. The maximum Gasteiger partial charge on any atom is 0.101 e. The summed E-state index contributed by atoms with van der Waals surface area (Å²) in [7, 11) is 0. The number of piperidine rings is 1. The van der Waals surface area contributed by atoms with Crippen molar-refractivity contribution in [2.24, 2.45) is 5.92 Å². The molecule has 0 bridgehead atoms. The van der Waals surface area contributed by atoms with Gasteiger partial charge in [0, 0.05) is 18.1 Å². The number of hydrogen-bond acceptors (Lipinski definition) is 3. The van der Waals surface area contributed by atoms with Gasteiger partial charge in [-0.2, -0.15) is 5.26 Å². The van der Waals surface area contributed by atoms with Gasteiger partial charge in [0.2, 0.25) is 0 Å². The van der Waals surface area contributed by atoms with E-state index in [-0.39, 0.29) is 0 Å². The van der Waals surface area contributed by atoms with Gasteiger partial charge in [0.25, 0.3) is 0 Å². The van der Waals surface area contributed by atoms with E-state index in [1.54, 1.807) is 6.07 Å². The molecule has 1 aliphatic heterocycles. The molecule has 1 aromatic carbocycles. The molecular formula is C15H20ClN3. The first-order valence-electron chi connectivity index (χ1n) is 6.90. The molecule has 0 radical (unpaired) electrons. The maximum atomic E-state index is 9.18. The molecule has 0 spiro atoms. The lowest BCUT2D eigenvalue weighted by molar-refractivity contribution is 0.386. The molecule has 0 unspecified atom stereocenters. The van der Waals surface area contributed by atoms with Crippen LogP contribution >= 0.6 is 11.6 Å². The number of rotatable bonds is 4. The number of halogens is 1. The Bertz CT molecular complexity index is 459. The van der Waals surface area contributed by atoms with Crippen LogP contribution in [0.3, 0.4) is 0 Å². The molecule has 3 nitrogen and oxygen atoms in total. The van der Waals surface area contributed by atoms with Crippen molar-refractivity contribution in [1.29, 1.82) is 5.26 Å². The van der Waals surface area contributed by atoms with E-state index in [0.717, 1.165) is 43.3 Å². The zero-order chi connectivity index (χ0) is 13.7. The molecule has 2 rings (SSSR count).